The summed E-state index contributed by atoms with van der Waals surface area (Å²) >= 11 is 0. The highest BCUT2D eigenvalue weighted by molar-refractivity contribution is 5.94. The van der Waals surface area contributed by atoms with Crippen LogP contribution in [0.15, 0.2) is 18.2 Å². The van der Waals surface area contributed by atoms with Gasteiger partial charge in [-0.15, -0.1) is 0 Å². The molecule has 5 heteroatoms. The zero-order valence-electron chi connectivity index (χ0n) is 15.2. The number of hydrogen-bond acceptors (Lipinski definition) is 3. The van der Waals surface area contributed by atoms with Gasteiger partial charge in [0.25, 0.3) is 0 Å². The van der Waals surface area contributed by atoms with Crippen molar-refractivity contribution in [3.8, 4) is 0 Å². The molecule has 0 unspecified atom stereocenters. The highest BCUT2D eigenvalue weighted by Gasteiger charge is 2.19. The molecule has 0 aliphatic carbocycles. The highest BCUT2D eigenvalue weighted by atomic mass is 16.1. The van der Waals surface area contributed by atoms with E-state index in [1.165, 1.54) is 12.8 Å². The van der Waals surface area contributed by atoms with Gasteiger partial charge in [0.2, 0.25) is 5.91 Å². The summed E-state index contributed by atoms with van der Waals surface area (Å²) in [6.45, 7) is 11.4. The van der Waals surface area contributed by atoms with Gasteiger partial charge in [-0.2, -0.15) is 0 Å². The molecule has 0 bridgehead atoms. The third-order valence-electron chi connectivity index (χ3n) is 4.63. The summed E-state index contributed by atoms with van der Waals surface area (Å²) in [6, 6.07) is 6.40. The molecule has 1 saturated heterocycles. The molecule has 5 nitrogen and oxygen atoms in total. The van der Waals surface area contributed by atoms with Crippen molar-refractivity contribution in [1.82, 2.24) is 14.5 Å². The Labute approximate surface area is 144 Å². The van der Waals surface area contributed by atoms with E-state index in [2.05, 4.69) is 34.7 Å². The van der Waals surface area contributed by atoms with E-state index in [9.17, 15) is 4.79 Å². The molecular formula is C19H28N4O. The lowest BCUT2D eigenvalue weighted by atomic mass is 10.2. The molecule has 1 aromatic carbocycles. The zero-order valence-corrected chi connectivity index (χ0v) is 15.2. The van der Waals surface area contributed by atoms with Crippen LogP contribution in [-0.4, -0.2) is 33.4 Å². The topological polar surface area (TPSA) is 50.2 Å². The number of fused-ring (bicyclic) bond motifs is 1. The summed E-state index contributed by atoms with van der Waals surface area (Å²) < 4.78 is 2.32. The molecule has 0 radical (unpaired) electrons. The van der Waals surface area contributed by atoms with E-state index in [0.717, 1.165) is 42.2 Å². The van der Waals surface area contributed by atoms with Crippen LogP contribution in [0.2, 0.25) is 0 Å². The molecule has 2 aromatic rings. The summed E-state index contributed by atoms with van der Waals surface area (Å²) in [5.41, 5.74) is 2.92. The molecule has 1 amide bonds. The van der Waals surface area contributed by atoms with Crippen molar-refractivity contribution in [2.75, 3.05) is 18.4 Å². The summed E-state index contributed by atoms with van der Waals surface area (Å²) in [4.78, 5) is 19.3. The van der Waals surface area contributed by atoms with Gasteiger partial charge >= 0.3 is 0 Å². The van der Waals surface area contributed by atoms with E-state index < -0.39 is 0 Å². The van der Waals surface area contributed by atoms with Gasteiger partial charge in [0.1, 0.15) is 5.82 Å². The van der Waals surface area contributed by atoms with Gasteiger partial charge in [0.15, 0.2) is 0 Å². The lowest BCUT2D eigenvalue weighted by Crippen LogP contribution is -2.21. The number of benzene rings is 1. The minimum atomic E-state index is -0.0281. The molecule has 130 valence electrons. The van der Waals surface area contributed by atoms with E-state index in [4.69, 9.17) is 4.98 Å². The number of amides is 1. The second-order valence-corrected chi connectivity index (χ2v) is 7.32. The fourth-order valence-corrected chi connectivity index (χ4v) is 3.34. The fraction of sp³-hybridized carbons (Fsp3) is 0.579. The predicted octanol–water partition coefficient (Wildman–Crippen LogP) is 3.81. The number of anilines is 1. The van der Waals surface area contributed by atoms with Crippen molar-refractivity contribution in [1.29, 1.82) is 0 Å². The number of hydrogen-bond donors (Lipinski definition) is 1. The molecule has 1 aliphatic rings. The molecule has 1 aliphatic heterocycles. The molecule has 1 aromatic heterocycles. The largest absolute Gasteiger partial charge is 0.326 e. The summed E-state index contributed by atoms with van der Waals surface area (Å²) in [7, 11) is 0. The van der Waals surface area contributed by atoms with Crippen LogP contribution in [0.1, 0.15) is 52.4 Å². The average Bonchev–Trinajstić information content (AvgIpc) is 3.13. The van der Waals surface area contributed by atoms with Crippen molar-refractivity contribution in [2.24, 2.45) is 5.92 Å². The third-order valence-corrected chi connectivity index (χ3v) is 4.63. The van der Waals surface area contributed by atoms with Crippen LogP contribution >= 0.6 is 0 Å². The van der Waals surface area contributed by atoms with Crippen LogP contribution in [-0.2, 0) is 11.3 Å². The average molecular weight is 328 g/mol. The third kappa shape index (κ3) is 3.46. The number of imidazole rings is 1. The van der Waals surface area contributed by atoms with Crippen LogP contribution in [0.3, 0.4) is 0 Å². The van der Waals surface area contributed by atoms with Gasteiger partial charge in [-0.3, -0.25) is 9.69 Å². The lowest BCUT2D eigenvalue weighted by molar-refractivity contribution is -0.118. The summed E-state index contributed by atoms with van der Waals surface area (Å²) in [5.74, 6) is 1.13. The maximum Gasteiger partial charge on any atom is 0.226 e. The van der Waals surface area contributed by atoms with E-state index in [1.54, 1.807) is 0 Å². The quantitative estimate of drug-likeness (QED) is 0.908. The van der Waals surface area contributed by atoms with Crippen molar-refractivity contribution in [3.63, 3.8) is 0 Å². The Kier molecular flexibility index (Phi) is 4.90. The van der Waals surface area contributed by atoms with Gasteiger partial charge in [0.05, 0.1) is 17.6 Å². The Balaban J connectivity index is 1.93. The molecule has 3 rings (SSSR count). The van der Waals surface area contributed by atoms with E-state index >= 15 is 0 Å². The van der Waals surface area contributed by atoms with E-state index in [1.807, 2.05) is 26.0 Å². The minimum Gasteiger partial charge on any atom is -0.326 e. The second kappa shape index (κ2) is 6.93. The molecule has 2 heterocycles. The number of carbonyl (C=O) groups excluding carboxylic acids is 1. The molecule has 24 heavy (non-hydrogen) atoms. The first kappa shape index (κ1) is 17.0. The molecule has 1 N–H and O–H groups in total. The van der Waals surface area contributed by atoms with Crippen LogP contribution in [0.25, 0.3) is 11.0 Å². The monoisotopic (exact) mass is 328 g/mol. The molecular weight excluding hydrogens is 300 g/mol. The first-order valence-corrected chi connectivity index (χ1v) is 9.00. The summed E-state index contributed by atoms with van der Waals surface area (Å²) in [5, 5.41) is 2.97. The fourth-order valence-electron chi connectivity index (χ4n) is 3.34. The zero-order chi connectivity index (χ0) is 17.3. The number of carbonyl (C=O) groups is 1. The van der Waals surface area contributed by atoms with Crippen molar-refractivity contribution < 1.29 is 4.79 Å². The normalized spacial score (nSPS) is 15.8. The number of nitrogens with zero attached hydrogens (tertiary/aromatic N) is 3. The Morgan fingerprint density at radius 2 is 1.92 bits per heavy atom. The van der Waals surface area contributed by atoms with E-state index in [-0.39, 0.29) is 11.8 Å². The predicted molar refractivity (Wildman–Crippen MR) is 98.1 cm³/mol. The van der Waals surface area contributed by atoms with Crippen LogP contribution in [0.4, 0.5) is 5.69 Å². The Hall–Kier alpha value is -1.88. The Morgan fingerprint density at radius 1 is 1.21 bits per heavy atom. The first-order chi connectivity index (χ1) is 11.5. The standard InChI is InChI=1S/C19H28N4O/c1-13(2)19(24)20-15-7-8-17-16(11-15)21-18(23(17)14(3)4)12-22-9-5-6-10-22/h7-8,11,13-14H,5-6,9-10,12H2,1-4H3,(H,20,24). The molecule has 0 saturated carbocycles. The van der Waals surface area contributed by atoms with Gasteiger partial charge in [-0.1, -0.05) is 13.8 Å². The molecule has 1 fully saturated rings. The minimum absolute atomic E-state index is 0.0281. The number of nitrogens with one attached hydrogen (secondary N) is 1. The SMILES string of the molecule is CC(C)C(=O)Nc1ccc2c(c1)nc(CN1CCCC1)n2C(C)C. The number of rotatable bonds is 5. The van der Waals surface area contributed by atoms with Gasteiger partial charge in [-0.05, 0) is 58.0 Å². The number of likely N-dealkylation sites (tertiary alicyclic amines) is 1. The van der Waals surface area contributed by atoms with Crippen molar-refractivity contribution >= 4 is 22.6 Å². The Bertz CT molecular complexity index is 726. The maximum absolute atomic E-state index is 11.9. The first-order valence-electron chi connectivity index (χ1n) is 9.00. The van der Waals surface area contributed by atoms with Gasteiger partial charge < -0.3 is 9.88 Å². The van der Waals surface area contributed by atoms with Crippen LogP contribution in [0.5, 0.6) is 0 Å². The van der Waals surface area contributed by atoms with Crippen LogP contribution < -0.4 is 5.32 Å². The number of aromatic nitrogens is 2. The molecule has 0 spiro atoms. The maximum atomic E-state index is 11.9. The van der Waals surface area contributed by atoms with Gasteiger partial charge in [-0.25, -0.2) is 4.98 Å². The van der Waals surface area contributed by atoms with E-state index in [0.29, 0.717) is 6.04 Å². The van der Waals surface area contributed by atoms with Crippen LogP contribution in [0, 0.1) is 5.92 Å². The summed E-state index contributed by atoms with van der Waals surface area (Å²) in [6.07, 6.45) is 2.57. The van der Waals surface area contributed by atoms with Gasteiger partial charge in [0, 0.05) is 17.6 Å². The lowest BCUT2D eigenvalue weighted by Gasteiger charge is -2.18. The molecule has 0 atom stereocenters. The Morgan fingerprint density at radius 3 is 2.54 bits per heavy atom. The van der Waals surface area contributed by atoms with Crippen molar-refractivity contribution in [3.05, 3.63) is 24.0 Å². The second-order valence-electron chi connectivity index (χ2n) is 7.32. The smallest absolute Gasteiger partial charge is 0.226 e. The van der Waals surface area contributed by atoms with Crippen molar-refractivity contribution in [2.45, 2.75) is 53.1 Å². The highest BCUT2D eigenvalue weighted by Crippen LogP contribution is 2.26.